The van der Waals surface area contributed by atoms with Crippen molar-refractivity contribution in [3.8, 4) is 0 Å². The molecule has 1 aliphatic heterocycles. The maximum atomic E-state index is 12.2. The smallest absolute Gasteiger partial charge is 0.328 e. The van der Waals surface area contributed by atoms with Gasteiger partial charge in [-0.25, -0.2) is 4.79 Å². The van der Waals surface area contributed by atoms with Gasteiger partial charge in [0.15, 0.2) is 18.0 Å². The van der Waals surface area contributed by atoms with E-state index in [0.717, 1.165) is 0 Å². The molecule has 5 N–H and O–H groups in total. The van der Waals surface area contributed by atoms with Crippen LogP contribution in [-0.2, 0) is 19.1 Å². The number of amides is 2. The molecule has 0 bridgehead atoms. The summed E-state index contributed by atoms with van der Waals surface area (Å²) in [7, 11) is 0. The van der Waals surface area contributed by atoms with Crippen LogP contribution >= 0.6 is 0 Å². The Kier molecular flexibility index (Phi) is 7.03. The van der Waals surface area contributed by atoms with Gasteiger partial charge in [0.25, 0.3) is 5.91 Å². The molecule has 2 amide bonds. The Bertz CT molecular complexity index is 708. The van der Waals surface area contributed by atoms with Gasteiger partial charge >= 0.3 is 5.97 Å². The fraction of sp³-hybridized carbons (Fsp3) is 0.444. The number of carbonyl (C=O) groups is 4. The van der Waals surface area contributed by atoms with Gasteiger partial charge in [-0.15, -0.1) is 0 Å². The monoisotopic (exact) mass is 377 g/mol. The number of carbonyl (C=O) groups excluding carboxylic acids is 3. The lowest BCUT2D eigenvalue weighted by Crippen LogP contribution is -2.53. The third kappa shape index (κ3) is 5.60. The van der Waals surface area contributed by atoms with Crippen LogP contribution in [0.4, 0.5) is 0 Å². The van der Waals surface area contributed by atoms with Crippen molar-refractivity contribution >= 4 is 23.6 Å². The highest BCUT2D eigenvalue weighted by molar-refractivity contribution is 6.05. The Balaban J connectivity index is 1.84. The van der Waals surface area contributed by atoms with Crippen molar-refractivity contribution in [2.24, 2.45) is 5.73 Å². The van der Waals surface area contributed by atoms with E-state index >= 15 is 0 Å². The Morgan fingerprint density at radius 1 is 1.19 bits per heavy atom. The first kappa shape index (κ1) is 20.5. The molecule has 1 saturated heterocycles. The standard InChI is InChI=1S/C18H23N3O6/c1-2-6-11(19)16(23)21-12(18(25)26)9-20-17(24)15-14(27-15)13(22)10-7-4-3-5-8-10/h3-5,7-8,11-12,14-15H,2,6,9,19H2,1H3,(H,20,24)(H,21,23)(H,25,26). The Labute approximate surface area is 156 Å². The average molecular weight is 377 g/mol. The molecule has 9 nitrogen and oxygen atoms in total. The van der Waals surface area contributed by atoms with Gasteiger partial charge in [0.1, 0.15) is 6.04 Å². The number of hydrogen-bond donors (Lipinski definition) is 4. The minimum absolute atomic E-state index is 0.315. The third-order valence-corrected chi connectivity index (χ3v) is 4.10. The minimum Gasteiger partial charge on any atom is -0.480 e. The van der Waals surface area contributed by atoms with Gasteiger partial charge in [0, 0.05) is 12.1 Å². The summed E-state index contributed by atoms with van der Waals surface area (Å²) in [5.74, 6) is -2.83. The molecular weight excluding hydrogens is 354 g/mol. The molecule has 4 unspecified atom stereocenters. The van der Waals surface area contributed by atoms with E-state index in [2.05, 4.69) is 10.6 Å². The van der Waals surface area contributed by atoms with E-state index in [-0.39, 0.29) is 12.3 Å². The zero-order valence-electron chi connectivity index (χ0n) is 14.9. The molecule has 1 aliphatic rings. The Hall–Kier alpha value is -2.78. The molecule has 1 heterocycles. The molecule has 0 saturated carbocycles. The van der Waals surface area contributed by atoms with Crippen molar-refractivity contribution in [2.45, 2.75) is 44.1 Å². The molecule has 1 fully saturated rings. The van der Waals surface area contributed by atoms with Gasteiger partial charge in [-0.1, -0.05) is 43.7 Å². The maximum Gasteiger partial charge on any atom is 0.328 e. The number of carboxylic acid groups (broad SMARTS) is 1. The number of epoxide rings is 1. The lowest BCUT2D eigenvalue weighted by Gasteiger charge is -2.17. The number of benzene rings is 1. The molecule has 146 valence electrons. The highest BCUT2D eigenvalue weighted by Crippen LogP contribution is 2.26. The van der Waals surface area contributed by atoms with Crippen LogP contribution in [0.5, 0.6) is 0 Å². The topological polar surface area (TPSA) is 151 Å². The largest absolute Gasteiger partial charge is 0.480 e. The van der Waals surface area contributed by atoms with Crippen LogP contribution in [0.25, 0.3) is 0 Å². The van der Waals surface area contributed by atoms with Crippen molar-refractivity contribution in [1.82, 2.24) is 10.6 Å². The molecule has 1 aromatic rings. The van der Waals surface area contributed by atoms with E-state index in [1.807, 2.05) is 6.92 Å². The lowest BCUT2D eigenvalue weighted by molar-refractivity contribution is -0.142. The fourth-order valence-electron chi connectivity index (χ4n) is 2.50. The number of nitrogens with two attached hydrogens (primary N) is 1. The van der Waals surface area contributed by atoms with Crippen molar-refractivity contribution in [1.29, 1.82) is 0 Å². The van der Waals surface area contributed by atoms with Crippen LogP contribution in [0.1, 0.15) is 30.1 Å². The lowest BCUT2D eigenvalue weighted by atomic mass is 10.1. The number of carboxylic acids is 1. The molecule has 0 radical (unpaired) electrons. The zero-order valence-corrected chi connectivity index (χ0v) is 14.9. The SMILES string of the molecule is CCCC(N)C(=O)NC(CNC(=O)C1OC1C(=O)c1ccccc1)C(=O)O. The van der Waals surface area contributed by atoms with E-state index in [1.165, 1.54) is 0 Å². The van der Waals surface area contributed by atoms with Crippen molar-refractivity contribution in [2.75, 3.05) is 6.54 Å². The van der Waals surface area contributed by atoms with Crippen molar-refractivity contribution < 1.29 is 29.0 Å². The average Bonchev–Trinajstić information content (AvgIpc) is 3.45. The van der Waals surface area contributed by atoms with Crippen LogP contribution in [0.3, 0.4) is 0 Å². The molecule has 27 heavy (non-hydrogen) atoms. The van der Waals surface area contributed by atoms with Gasteiger partial charge < -0.3 is 26.2 Å². The normalized spacial score (nSPS) is 20.2. The Morgan fingerprint density at radius 2 is 1.85 bits per heavy atom. The van der Waals surface area contributed by atoms with Crippen LogP contribution in [0.15, 0.2) is 30.3 Å². The van der Waals surface area contributed by atoms with E-state index in [0.29, 0.717) is 18.4 Å². The summed E-state index contributed by atoms with van der Waals surface area (Å²) in [5.41, 5.74) is 6.08. The third-order valence-electron chi connectivity index (χ3n) is 4.10. The first-order chi connectivity index (χ1) is 12.8. The highest BCUT2D eigenvalue weighted by atomic mass is 16.6. The van der Waals surface area contributed by atoms with Gasteiger partial charge in [-0.2, -0.15) is 0 Å². The highest BCUT2D eigenvalue weighted by Gasteiger charge is 2.50. The first-order valence-corrected chi connectivity index (χ1v) is 8.66. The molecule has 9 heteroatoms. The number of Topliss-reactive ketones (excluding diaryl/α,β-unsaturated/α-hetero) is 1. The number of aliphatic carboxylic acids is 1. The van der Waals surface area contributed by atoms with Gasteiger partial charge in [-0.05, 0) is 6.42 Å². The number of nitrogens with one attached hydrogen (secondary N) is 2. The van der Waals surface area contributed by atoms with Crippen molar-refractivity contribution in [3.05, 3.63) is 35.9 Å². The van der Waals surface area contributed by atoms with Crippen LogP contribution in [0, 0.1) is 0 Å². The molecule has 0 spiro atoms. The summed E-state index contributed by atoms with van der Waals surface area (Å²) in [6, 6.07) is 6.27. The number of hydrogen-bond acceptors (Lipinski definition) is 6. The van der Waals surface area contributed by atoms with Gasteiger partial charge in [0.05, 0.1) is 6.04 Å². The van der Waals surface area contributed by atoms with Crippen LogP contribution in [-0.4, -0.2) is 59.5 Å². The predicted octanol–water partition coefficient (Wildman–Crippen LogP) is -0.550. The quantitative estimate of drug-likeness (QED) is 0.315. The van der Waals surface area contributed by atoms with Crippen LogP contribution in [0.2, 0.25) is 0 Å². The summed E-state index contributed by atoms with van der Waals surface area (Å²) in [6.07, 6.45) is -0.753. The summed E-state index contributed by atoms with van der Waals surface area (Å²) >= 11 is 0. The van der Waals surface area contributed by atoms with E-state index in [4.69, 9.17) is 10.5 Å². The van der Waals surface area contributed by atoms with E-state index in [1.54, 1.807) is 30.3 Å². The second-order valence-electron chi connectivity index (χ2n) is 6.25. The summed E-state index contributed by atoms with van der Waals surface area (Å²) < 4.78 is 5.12. The first-order valence-electron chi connectivity index (χ1n) is 8.66. The Morgan fingerprint density at radius 3 is 2.44 bits per heavy atom. The second-order valence-corrected chi connectivity index (χ2v) is 6.25. The molecular formula is C18H23N3O6. The number of rotatable bonds is 10. The predicted molar refractivity (Wildman–Crippen MR) is 94.9 cm³/mol. The molecule has 2 rings (SSSR count). The van der Waals surface area contributed by atoms with E-state index in [9.17, 15) is 24.3 Å². The fourth-order valence-corrected chi connectivity index (χ4v) is 2.50. The molecule has 0 aromatic heterocycles. The molecule has 4 atom stereocenters. The summed E-state index contributed by atoms with van der Waals surface area (Å²) in [4.78, 5) is 47.4. The summed E-state index contributed by atoms with van der Waals surface area (Å²) in [6.45, 7) is 1.51. The second kappa shape index (κ2) is 9.24. The molecule has 0 aliphatic carbocycles. The number of ketones is 1. The van der Waals surface area contributed by atoms with Crippen molar-refractivity contribution in [3.63, 3.8) is 0 Å². The van der Waals surface area contributed by atoms with E-state index < -0.39 is 42.1 Å². The minimum atomic E-state index is -1.33. The van der Waals surface area contributed by atoms with Gasteiger partial charge in [-0.3, -0.25) is 14.4 Å². The number of ether oxygens (including phenoxy) is 1. The van der Waals surface area contributed by atoms with Crippen LogP contribution < -0.4 is 16.4 Å². The van der Waals surface area contributed by atoms with Gasteiger partial charge in [0.2, 0.25) is 5.91 Å². The maximum absolute atomic E-state index is 12.2. The summed E-state index contributed by atoms with van der Waals surface area (Å²) in [5, 5.41) is 13.9. The zero-order chi connectivity index (χ0) is 20.0. The molecule has 1 aromatic carbocycles.